The molecule has 154 valence electrons. The molecule has 0 aliphatic heterocycles. The number of carboxylic acid groups (broad SMARTS) is 2. The van der Waals surface area contributed by atoms with Gasteiger partial charge in [0.2, 0.25) is 0 Å². The number of hydrogen-bond acceptors (Lipinski definition) is 6. The van der Waals surface area contributed by atoms with Gasteiger partial charge < -0.3 is 14.9 Å². The number of carbonyl (C=O) groups is 4. The number of carboxylic acids is 2. The van der Waals surface area contributed by atoms with Gasteiger partial charge in [0, 0.05) is 35.5 Å². The van der Waals surface area contributed by atoms with Crippen molar-refractivity contribution in [1.82, 2.24) is 4.98 Å². The Morgan fingerprint density at radius 3 is 2.39 bits per heavy atom. The molecule has 0 saturated heterocycles. The van der Waals surface area contributed by atoms with Gasteiger partial charge in [0.1, 0.15) is 6.61 Å². The first-order valence-corrected chi connectivity index (χ1v) is 9.62. The van der Waals surface area contributed by atoms with Crippen molar-refractivity contribution in [2.75, 3.05) is 13.2 Å². The van der Waals surface area contributed by atoms with Crippen molar-refractivity contribution in [1.29, 1.82) is 0 Å². The molecule has 1 aromatic heterocycles. The van der Waals surface area contributed by atoms with Crippen LogP contribution in [-0.2, 0) is 19.1 Å². The number of nitrogens with zero attached hydrogens (tertiary/aromatic N) is 1. The Morgan fingerprint density at radius 1 is 1.18 bits per heavy atom. The number of aromatic nitrogens is 1. The molecular weight excluding hydrogens is 434 g/mol. The van der Waals surface area contributed by atoms with E-state index >= 15 is 0 Å². The Kier molecular flexibility index (Phi) is 9.40. The molecule has 0 saturated carbocycles. The fourth-order valence-corrected chi connectivity index (χ4v) is 3.03. The molecule has 0 aliphatic rings. The maximum Gasteiger partial charge on any atom is 0.325 e. The summed E-state index contributed by atoms with van der Waals surface area (Å²) in [4.78, 5) is 52.6. The Balaban J connectivity index is 3.19. The Morgan fingerprint density at radius 2 is 1.86 bits per heavy atom. The summed E-state index contributed by atoms with van der Waals surface area (Å²) in [7, 11) is 0. The maximum absolute atomic E-state index is 13.1. The third-order valence-corrected chi connectivity index (χ3v) is 4.51. The van der Waals surface area contributed by atoms with Crippen LogP contribution in [0, 0.1) is 11.3 Å². The minimum Gasteiger partial charge on any atom is -0.481 e. The predicted molar refractivity (Wildman–Crippen MR) is 103 cm³/mol. The van der Waals surface area contributed by atoms with Crippen LogP contribution >= 0.6 is 15.9 Å². The number of hydrogen-bond donors (Lipinski definition) is 2. The van der Waals surface area contributed by atoms with E-state index in [1.807, 2.05) is 13.8 Å². The number of unbranched alkanes of at least 4 members (excludes halogenated alkanes) is 1. The van der Waals surface area contributed by atoms with Gasteiger partial charge in [0.05, 0.1) is 0 Å². The number of pyridine rings is 1. The van der Waals surface area contributed by atoms with Crippen LogP contribution in [0.2, 0.25) is 0 Å². The minimum absolute atomic E-state index is 0.0211. The number of halogens is 1. The molecule has 0 aliphatic carbocycles. The number of ketones is 2. The molecule has 0 radical (unpaired) electrons. The second kappa shape index (κ2) is 11.0. The van der Waals surface area contributed by atoms with Gasteiger partial charge in [-0.1, -0.05) is 20.3 Å². The maximum atomic E-state index is 13.1. The molecule has 9 heteroatoms. The SMILES string of the molecule is CC(C)COCC(=O)C(CCCCC(=O)O)(C(=O)O)C(=O)c1cncc(Br)c1. The molecule has 0 bridgehead atoms. The summed E-state index contributed by atoms with van der Waals surface area (Å²) in [5.41, 5.74) is -2.37. The van der Waals surface area contributed by atoms with Crippen molar-refractivity contribution in [3.05, 3.63) is 28.5 Å². The largest absolute Gasteiger partial charge is 0.481 e. The van der Waals surface area contributed by atoms with Crippen molar-refractivity contribution in [2.45, 2.75) is 39.5 Å². The highest BCUT2D eigenvalue weighted by Crippen LogP contribution is 2.32. The number of aliphatic carboxylic acids is 2. The van der Waals surface area contributed by atoms with E-state index in [2.05, 4.69) is 20.9 Å². The highest BCUT2D eigenvalue weighted by molar-refractivity contribution is 9.10. The van der Waals surface area contributed by atoms with E-state index in [-0.39, 0.29) is 43.8 Å². The van der Waals surface area contributed by atoms with Gasteiger partial charge in [-0.3, -0.25) is 24.2 Å². The summed E-state index contributed by atoms with van der Waals surface area (Å²) in [5.74, 6) is -4.23. The molecule has 0 aromatic carbocycles. The van der Waals surface area contributed by atoms with Gasteiger partial charge in [0.15, 0.2) is 17.0 Å². The van der Waals surface area contributed by atoms with Crippen LogP contribution in [0.4, 0.5) is 0 Å². The monoisotopic (exact) mass is 457 g/mol. The predicted octanol–water partition coefficient (Wildman–Crippen LogP) is 2.98. The van der Waals surface area contributed by atoms with Crippen LogP contribution in [0.3, 0.4) is 0 Å². The first-order valence-electron chi connectivity index (χ1n) is 8.82. The first-order chi connectivity index (χ1) is 13.1. The van der Waals surface area contributed by atoms with Gasteiger partial charge in [-0.15, -0.1) is 0 Å². The molecule has 1 rings (SSSR count). The topological polar surface area (TPSA) is 131 Å². The molecule has 0 spiro atoms. The summed E-state index contributed by atoms with van der Waals surface area (Å²) in [6, 6.07) is 1.40. The third kappa shape index (κ3) is 6.49. The molecule has 2 N–H and O–H groups in total. The number of rotatable bonds is 13. The molecule has 1 atom stereocenters. The van der Waals surface area contributed by atoms with E-state index in [0.29, 0.717) is 4.47 Å². The average Bonchev–Trinajstić information content (AvgIpc) is 2.60. The molecule has 0 fully saturated rings. The lowest BCUT2D eigenvalue weighted by molar-refractivity contribution is -0.153. The van der Waals surface area contributed by atoms with Crippen LogP contribution < -0.4 is 0 Å². The second-order valence-corrected chi connectivity index (χ2v) is 7.78. The van der Waals surface area contributed by atoms with Crippen LogP contribution in [0.25, 0.3) is 0 Å². The number of ether oxygens (including phenoxy) is 1. The second-order valence-electron chi connectivity index (χ2n) is 6.86. The van der Waals surface area contributed by atoms with Gasteiger partial charge in [0.25, 0.3) is 0 Å². The lowest BCUT2D eigenvalue weighted by Crippen LogP contribution is -2.48. The first kappa shape index (κ1) is 23.9. The normalized spacial score (nSPS) is 13.1. The van der Waals surface area contributed by atoms with E-state index in [9.17, 15) is 24.3 Å². The summed E-state index contributed by atoms with van der Waals surface area (Å²) >= 11 is 3.17. The number of Topliss-reactive ketones (excluding diaryl/α,β-unsaturated/α-hetero) is 2. The van der Waals surface area contributed by atoms with Gasteiger partial charge in [-0.2, -0.15) is 0 Å². The zero-order valence-corrected chi connectivity index (χ0v) is 17.4. The van der Waals surface area contributed by atoms with Crippen molar-refractivity contribution in [2.24, 2.45) is 11.3 Å². The van der Waals surface area contributed by atoms with E-state index in [1.165, 1.54) is 18.5 Å². The molecular formula is C19H24BrNO7. The molecule has 1 unspecified atom stereocenters. The van der Waals surface area contributed by atoms with Crippen molar-refractivity contribution in [3.8, 4) is 0 Å². The highest BCUT2D eigenvalue weighted by Gasteiger charge is 2.52. The van der Waals surface area contributed by atoms with E-state index in [0.717, 1.165) is 0 Å². The summed E-state index contributed by atoms with van der Waals surface area (Å²) in [6.45, 7) is 3.47. The van der Waals surface area contributed by atoms with Crippen molar-refractivity contribution >= 4 is 39.4 Å². The Labute approximate surface area is 171 Å². The van der Waals surface area contributed by atoms with E-state index in [4.69, 9.17) is 9.84 Å². The molecule has 0 amide bonds. The third-order valence-electron chi connectivity index (χ3n) is 4.07. The van der Waals surface area contributed by atoms with Crippen molar-refractivity contribution < 1.29 is 34.1 Å². The van der Waals surface area contributed by atoms with Crippen LogP contribution in [0.5, 0.6) is 0 Å². The van der Waals surface area contributed by atoms with Crippen LogP contribution in [-0.4, -0.2) is 51.9 Å². The standard InChI is InChI=1S/C19H24BrNO7/c1-12(2)10-28-11-15(22)19(18(26)27,6-4-3-5-16(23)24)17(25)13-7-14(20)9-21-8-13/h7-9,12H,3-6,10-11H2,1-2H3,(H,23,24)(H,26,27). The summed E-state index contributed by atoms with van der Waals surface area (Å²) in [6.07, 6.45) is 2.37. The molecule has 28 heavy (non-hydrogen) atoms. The highest BCUT2D eigenvalue weighted by atomic mass is 79.9. The van der Waals surface area contributed by atoms with Gasteiger partial charge in [-0.05, 0) is 40.8 Å². The Bertz CT molecular complexity index is 735. The smallest absolute Gasteiger partial charge is 0.325 e. The molecule has 8 nitrogen and oxygen atoms in total. The fraction of sp³-hybridized carbons (Fsp3) is 0.526. The quantitative estimate of drug-likeness (QED) is 0.262. The average molecular weight is 458 g/mol. The molecule has 1 heterocycles. The summed E-state index contributed by atoms with van der Waals surface area (Å²) < 4.78 is 5.75. The summed E-state index contributed by atoms with van der Waals surface area (Å²) in [5, 5.41) is 18.6. The lowest BCUT2D eigenvalue weighted by Gasteiger charge is -2.27. The Hall–Kier alpha value is -2.13. The fourth-order valence-electron chi connectivity index (χ4n) is 2.66. The lowest BCUT2D eigenvalue weighted by atomic mass is 9.73. The zero-order chi connectivity index (χ0) is 21.3. The van der Waals surface area contributed by atoms with E-state index < -0.39 is 35.5 Å². The molecule has 1 aromatic rings. The van der Waals surface area contributed by atoms with Crippen LogP contribution in [0.15, 0.2) is 22.9 Å². The van der Waals surface area contributed by atoms with Crippen molar-refractivity contribution in [3.63, 3.8) is 0 Å². The van der Waals surface area contributed by atoms with E-state index in [1.54, 1.807) is 0 Å². The number of carbonyl (C=O) groups excluding carboxylic acids is 2. The minimum atomic E-state index is -2.35. The van der Waals surface area contributed by atoms with Gasteiger partial charge >= 0.3 is 11.9 Å². The zero-order valence-electron chi connectivity index (χ0n) is 15.8. The van der Waals surface area contributed by atoms with Gasteiger partial charge in [-0.25, -0.2) is 0 Å². The van der Waals surface area contributed by atoms with Crippen LogP contribution in [0.1, 0.15) is 49.9 Å².